The summed E-state index contributed by atoms with van der Waals surface area (Å²) in [5, 5.41) is 8.93. The Kier molecular flexibility index (Phi) is 5.36. The van der Waals surface area contributed by atoms with Crippen LogP contribution in [0.5, 0.6) is 0 Å². The average Bonchev–Trinajstić information content (AvgIpc) is 2.29. The van der Waals surface area contributed by atoms with Crippen LogP contribution in [0.4, 0.5) is 0 Å². The second-order valence-corrected chi connectivity index (χ2v) is 5.15. The topological polar surface area (TPSA) is 37.3 Å². The Bertz CT molecular complexity index is 352. The number of aliphatic hydroxyl groups excluding tert-OH is 1. The summed E-state index contributed by atoms with van der Waals surface area (Å²) in [6, 6.07) is 7.59. The monoisotopic (exact) mass is 234 g/mol. The van der Waals surface area contributed by atoms with Gasteiger partial charge in [0, 0.05) is 12.3 Å². The largest absolute Gasteiger partial charge is 0.392 e. The lowest BCUT2D eigenvalue weighted by molar-refractivity contribution is -0.122. The van der Waals surface area contributed by atoms with Crippen molar-refractivity contribution in [1.29, 1.82) is 0 Å². The zero-order valence-corrected chi connectivity index (χ0v) is 10.9. The van der Waals surface area contributed by atoms with Crippen LogP contribution in [0.2, 0.25) is 0 Å². The minimum absolute atomic E-state index is 0.0536. The summed E-state index contributed by atoms with van der Waals surface area (Å²) in [6.45, 7) is 6.34. The van der Waals surface area contributed by atoms with Gasteiger partial charge in [-0.15, -0.1) is 0 Å². The second kappa shape index (κ2) is 6.55. The molecule has 1 N–H and O–H groups in total. The molecule has 2 nitrogen and oxygen atoms in total. The van der Waals surface area contributed by atoms with Gasteiger partial charge in [0.05, 0.1) is 6.61 Å². The van der Waals surface area contributed by atoms with E-state index in [4.69, 9.17) is 5.11 Å². The van der Waals surface area contributed by atoms with Gasteiger partial charge in [0.2, 0.25) is 0 Å². The Labute approximate surface area is 104 Å². The highest BCUT2D eigenvalue weighted by atomic mass is 16.3. The molecule has 0 aliphatic carbocycles. The number of benzene rings is 1. The quantitative estimate of drug-likeness (QED) is 0.821. The van der Waals surface area contributed by atoms with E-state index in [1.165, 1.54) is 0 Å². The van der Waals surface area contributed by atoms with E-state index in [2.05, 4.69) is 13.8 Å². The molecule has 2 heteroatoms. The van der Waals surface area contributed by atoms with Crippen LogP contribution in [-0.4, -0.2) is 10.9 Å². The van der Waals surface area contributed by atoms with Crippen molar-refractivity contribution in [1.82, 2.24) is 0 Å². The number of hydrogen-bond acceptors (Lipinski definition) is 2. The lowest BCUT2D eigenvalue weighted by atomic mass is 9.91. The van der Waals surface area contributed by atoms with Gasteiger partial charge in [0.1, 0.15) is 5.78 Å². The van der Waals surface area contributed by atoms with Crippen LogP contribution in [0, 0.1) is 11.8 Å². The highest BCUT2D eigenvalue weighted by Gasteiger charge is 2.14. The summed E-state index contributed by atoms with van der Waals surface area (Å²) in [4.78, 5) is 12.0. The lowest BCUT2D eigenvalue weighted by Gasteiger charge is -2.12. The molecule has 1 atom stereocenters. The van der Waals surface area contributed by atoms with Crippen LogP contribution in [0.25, 0.3) is 0 Å². The molecule has 0 amide bonds. The molecule has 0 aromatic heterocycles. The summed E-state index contributed by atoms with van der Waals surface area (Å²) < 4.78 is 0. The molecule has 0 spiro atoms. The highest BCUT2D eigenvalue weighted by Crippen LogP contribution is 2.15. The number of ketones is 1. The van der Waals surface area contributed by atoms with Crippen molar-refractivity contribution in [2.24, 2.45) is 11.8 Å². The van der Waals surface area contributed by atoms with E-state index in [-0.39, 0.29) is 12.5 Å². The number of carbonyl (C=O) groups excluding carboxylic acids is 1. The van der Waals surface area contributed by atoms with Crippen molar-refractivity contribution < 1.29 is 9.90 Å². The first-order valence-electron chi connectivity index (χ1n) is 6.24. The van der Waals surface area contributed by atoms with Crippen molar-refractivity contribution in [2.75, 3.05) is 0 Å². The standard InChI is InChI=1S/C15H22O2/c1-11(2)8-12(3)15(17)9-13-4-6-14(10-16)7-5-13/h4-7,11-12,16H,8-10H2,1-3H3/t12-/m1/s1. The first-order valence-corrected chi connectivity index (χ1v) is 6.24. The molecular formula is C15H22O2. The van der Waals surface area contributed by atoms with Crippen molar-refractivity contribution in [2.45, 2.75) is 40.2 Å². The molecule has 94 valence electrons. The van der Waals surface area contributed by atoms with Gasteiger partial charge < -0.3 is 5.11 Å². The highest BCUT2D eigenvalue weighted by molar-refractivity contribution is 5.82. The maximum Gasteiger partial charge on any atom is 0.140 e. The minimum atomic E-state index is 0.0536. The summed E-state index contributed by atoms with van der Waals surface area (Å²) in [5.74, 6) is 0.994. The van der Waals surface area contributed by atoms with Crippen molar-refractivity contribution in [3.05, 3.63) is 35.4 Å². The summed E-state index contributed by atoms with van der Waals surface area (Å²) in [7, 11) is 0. The van der Waals surface area contributed by atoms with Gasteiger partial charge in [0.25, 0.3) is 0 Å². The molecule has 0 radical (unpaired) electrons. The zero-order valence-electron chi connectivity index (χ0n) is 10.9. The van der Waals surface area contributed by atoms with Crippen LogP contribution in [0.1, 0.15) is 38.3 Å². The van der Waals surface area contributed by atoms with E-state index in [1.54, 1.807) is 0 Å². The maximum absolute atomic E-state index is 12.0. The van der Waals surface area contributed by atoms with Gasteiger partial charge in [0.15, 0.2) is 0 Å². The third kappa shape index (κ3) is 4.70. The third-order valence-corrected chi connectivity index (χ3v) is 2.96. The Balaban J connectivity index is 2.55. The van der Waals surface area contributed by atoms with Crippen LogP contribution >= 0.6 is 0 Å². The zero-order chi connectivity index (χ0) is 12.8. The van der Waals surface area contributed by atoms with Gasteiger partial charge in [-0.3, -0.25) is 4.79 Å². The Morgan fingerprint density at radius 1 is 1.12 bits per heavy atom. The molecule has 0 heterocycles. The van der Waals surface area contributed by atoms with Crippen LogP contribution < -0.4 is 0 Å². The van der Waals surface area contributed by atoms with Crippen molar-refractivity contribution in [3.63, 3.8) is 0 Å². The predicted molar refractivity (Wildman–Crippen MR) is 69.7 cm³/mol. The van der Waals surface area contributed by atoms with Gasteiger partial charge in [-0.05, 0) is 23.5 Å². The van der Waals surface area contributed by atoms with E-state index in [9.17, 15) is 4.79 Å². The lowest BCUT2D eigenvalue weighted by Crippen LogP contribution is -2.15. The number of carbonyl (C=O) groups is 1. The molecule has 0 aliphatic rings. The molecule has 0 fully saturated rings. The van der Waals surface area contributed by atoms with Crippen molar-refractivity contribution >= 4 is 5.78 Å². The summed E-state index contributed by atoms with van der Waals surface area (Å²) >= 11 is 0. The maximum atomic E-state index is 12.0. The second-order valence-electron chi connectivity index (χ2n) is 5.15. The first-order chi connectivity index (χ1) is 8.02. The summed E-state index contributed by atoms with van der Waals surface area (Å²) in [5.41, 5.74) is 1.92. The molecule has 0 saturated carbocycles. The Morgan fingerprint density at radius 2 is 1.65 bits per heavy atom. The van der Waals surface area contributed by atoms with E-state index in [1.807, 2.05) is 31.2 Å². The molecule has 0 aliphatic heterocycles. The molecule has 1 aromatic carbocycles. The SMILES string of the molecule is CC(C)C[C@@H](C)C(=O)Cc1ccc(CO)cc1. The fourth-order valence-corrected chi connectivity index (χ4v) is 1.98. The number of aliphatic hydroxyl groups is 1. The molecule has 17 heavy (non-hydrogen) atoms. The normalized spacial score (nSPS) is 12.8. The van der Waals surface area contributed by atoms with Gasteiger partial charge in [-0.25, -0.2) is 0 Å². The molecule has 0 bridgehead atoms. The Morgan fingerprint density at radius 3 is 2.12 bits per heavy atom. The molecular weight excluding hydrogens is 212 g/mol. The van der Waals surface area contributed by atoms with Crippen LogP contribution in [0.15, 0.2) is 24.3 Å². The fraction of sp³-hybridized carbons (Fsp3) is 0.533. The summed E-state index contributed by atoms with van der Waals surface area (Å²) in [6.07, 6.45) is 1.45. The fourth-order valence-electron chi connectivity index (χ4n) is 1.98. The number of rotatable bonds is 6. The predicted octanol–water partition coefficient (Wildman–Crippen LogP) is 2.97. The average molecular weight is 234 g/mol. The van der Waals surface area contributed by atoms with Crippen LogP contribution in [-0.2, 0) is 17.8 Å². The van der Waals surface area contributed by atoms with Gasteiger partial charge in [-0.2, -0.15) is 0 Å². The molecule has 1 aromatic rings. The van der Waals surface area contributed by atoms with Gasteiger partial charge >= 0.3 is 0 Å². The Hall–Kier alpha value is -1.15. The first kappa shape index (κ1) is 13.9. The molecule has 0 unspecified atom stereocenters. The minimum Gasteiger partial charge on any atom is -0.392 e. The smallest absolute Gasteiger partial charge is 0.140 e. The number of Topliss-reactive ketones (excluding diaryl/α,β-unsaturated/α-hetero) is 1. The van der Waals surface area contributed by atoms with E-state index in [0.29, 0.717) is 18.1 Å². The van der Waals surface area contributed by atoms with Crippen molar-refractivity contribution in [3.8, 4) is 0 Å². The number of hydrogen-bond donors (Lipinski definition) is 1. The van der Waals surface area contributed by atoms with E-state index < -0.39 is 0 Å². The van der Waals surface area contributed by atoms with Gasteiger partial charge in [-0.1, -0.05) is 45.0 Å². The molecule has 1 rings (SSSR count). The van der Waals surface area contributed by atoms with E-state index in [0.717, 1.165) is 17.5 Å². The third-order valence-electron chi connectivity index (χ3n) is 2.96. The molecule has 0 saturated heterocycles. The van der Waals surface area contributed by atoms with Crippen LogP contribution in [0.3, 0.4) is 0 Å². The van der Waals surface area contributed by atoms with E-state index >= 15 is 0 Å².